The SMILES string of the molecule is CCCCCCCC(=O)N[C@@H](Cc1ccc2c(c1)OCCO2)CN1CCC[C@H]1COC. The second-order valence-electron chi connectivity index (χ2n) is 8.86. The summed E-state index contributed by atoms with van der Waals surface area (Å²) in [4.78, 5) is 15.2. The minimum atomic E-state index is 0.0724. The summed E-state index contributed by atoms with van der Waals surface area (Å²) >= 11 is 0. The van der Waals surface area contributed by atoms with Crippen molar-refractivity contribution in [3.63, 3.8) is 0 Å². The Kier molecular flexibility index (Phi) is 9.94. The molecule has 174 valence electrons. The lowest BCUT2D eigenvalue weighted by Crippen LogP contribution is -2.47. The minimum Gasteiger partial charge on any atom is -0.486 e. The number of ether oxygens (including phenoxy) is 3. The maximum Gasteiger partial charge on any atom is 0.220 e. The topological polar surface area (TPSA) is 60.0 Å². The molecule has 1 aromatic rings. The van der Waals surface area contributed by atoms with Crippen LogP contribution in [0.25, 0.3) is 0 Å². The number of methoxy groups -OCH3 is 1. The van der Waals surface area contributed by atoms with E-state index in [0.29, 0.717) is 25.7 Å². The maximum absolute atomic E-state index is 12.7. The number of unbranched alkanes of at least 4 members (excludes halogenated alkanes) is 4. The molecular weight excluding hydrogens is 392 g/mol. The van der Waals surface area contributed by atoms with E-state index < -0.39 is 0 Å². The molecule has 2 heterocycles. The van der Waals surface area contributed by atoms with Crippen LogP contribution >= 0.6 is 0 Å². The number of benzene rings is 1. The Labute approximate surface area is 187 Å². The van der Waals surface area contributed by atoms with Crippen LogP contribution in [0, 0.1) is 0 Å². The molecule has 0 aromatic heterocycles. The first-order chi connectivity index (χ1) is 15.2. The molecule has 1 N–H and O–H groups in total. The van der Waals surface area contributed by atoms with E-state index >= 15 is 0 Å². The van der Waals surface area contributed by atoms with E-state index in [-0.39, 0.29) is 11.9 Å². The van der Waals surface area contributed by atoms with Gasteiger partial charge in [-0.2, -0.15) is 0 Å². The monoisotopic (exact) mass is 432 g/mol. The first-order valence-corrected chi connectivity index (χ1v) is 12.1. The van der Waals surface area contributed by atoms with E-state index in [9.17, 15) is 4.79 Å². The van der Waals surface area contributed by atoms with Crippen LogP contribution in [-0.2, 0) is 16.0 Å². The lowest BCUT2D eigenvalue weighted by atomic mass is 10.0. The quantitative estimate of drug-likeness (QED) is 0.478. The fourth-order valence-corrected chi connectivity index (χ4v) is 4.65. The van der Waals surface area contributed by atoms with E-state index in [0.717, 1.165) is 56.9 Å². The zero-order valence-corrected chi connectivity index (χ0v) is 19.4. The number of nitrogens with zero attached hydrogens (tertiary/aromatic N) is 1. The number of amides is 1. The summed E-state index contributed by atoms with van der Waals surface area (Å²) in [5.41, 5.74) is 1.17. The Morgan fingerprint density at radius 1 is 1.19 bits per heavy atom. The molecule has 6 nitrogen and oxygen atoms in total. The third-order valence-corrected chi connectivity index (χ3v) is 6.27. The Bertz CT molecular complexity index is 681. The average molecular weight is 433 g/mol. The van der Waals surface area contributed by atoms with Gasteiger partial charge in [0.15, 0.2) is 11.5 Å². The molecule has 6 heteroatoms. The second-order valence-corrected chi connectivity index (χ2v) is 8.86. The summed E-state index contributed by atoms with van der Waals surface area (Å²) in [6.07, 6.45) is 9.56. The normalized spacial score (nSPS) is 19.4. The predicted octanol–water partition coefficient (Wildman–Crippen LogP) is 3.96. The number of hydrogen-bond acceptors (Lipinski definition) is 5. The van der Waals surface area contributed by atoms with E-state index in [1.54, 1.807) is 7.11 Å². The Balaban J connectivity index is 1.60. The van der Waals surface area contributed by atoms with Crippen LogP contribution in [0.2, 0.25) is 0 Å². The van der Waals surface area contributed by atoms with Crippen molar-refractivity contribution < 1.29 is 19.0 Å². The van der Waals surface area contributed by atoms with E-state index in [1.807, 2.05) is 6.07 Å². The highest BCUT2D eigenvalue weighted by atomic mass is 16.6. The van der Waals surface area contributed by atoms with Crippen LogP contribution < -0.4 is 14.8 Å². The minimum absolute atomic E-state index is 0.0724. The maximum atomic E-state index is 12.7. The number of carbonyl (C=O) groups is 1. The van der Waals surface area contributed by atoms with Gasteiger partial charge in [0, 0.05) is 32.2 Å². The molecule has 0 spiro atoms. The summed E-state index contributed by atoms with van der Waals surface area (Å²) in [6.45, 7) is 6.06. The molecule has 0 radical (unpaired) electrons. The third kappa shape index (κ3) is 7.69. The van der Waals surface area contributed by atoms with Crippen LogP contribution in [0.3, 0.4) is 0 Å². The zero-order chi connectivity index (χ0) is 21.9. The zero-order valence-electron chi connectivity index (χ0n) is 19.4. The lowest BCUT2D eigenvalue weighted by Gasteiger charge is -2.29. The number of hydrogen-bond donors (Lipinski definition) is 1. The standard InChI is InChI=1S/C25H40N2O4/c1-3-4-5-6-7-10-25(28)26-21(18-27-13-8-9-22(27)19-29-2)16-20-11-12-23-24(17-20)31-15-14-30-23/h11-12,17,21-22H,3-10,13-16,18-19H2,1-2H3,(H,26,28)/t21-,22-/m0/s1. The number of nitrogens with one attached hydrogen (secondary N) is 1. The summed E-state index contributed by atoms with van der Waals surface area (Å²) in [5.74, 6) is 1.78. The smallest absolute Gasteiger partial charge is 0.220 e. The van der Waals surface area contributed by atoms with Crippen LogP contribution in [0.4, 0.5) is 0 Å². The molecule has 2 atom stereocenters. The van der Waals surface area contributed by atoms with Gasteiger partial charge in [0.2, 0.25) is 5.91 Å². The molecule has 0 saturated carbocycles. The Morgan fingerprint density at radius 2 is 2.00 bits per heavy atom. The molecular formula is C25H40N2O4. The first kappa shape index (κ1) is 23.9. The van der Waals surface area contributed by atoms with Crippen molar-refractivity contribution in [1.82, 2.24) is 10.2 Å². The Morgan fingerprint density at radius 3 is 2.81 bits per heavy atom. The van der Waals surface area contributed by atoms with Gasteiger partial charge in [-0.3, -0.25) is 9.69 Å². The molecule has 0 unspecified atom stereocenters. The predicted molar refractivity (Wildman–Crippen MR) is 123 cm³/mol. The number of likely N-dealkylation sites (tertiary alicyclic amines) is 1. The molecule has 1 fully saturated rings. The average Bonchev–Trinajstić information content (AvgIpc) is 3.20. The van der Waals surface area contributed by atoms with Gasteiger partial charge in [0.05, 0.1) is 6.61 Å². The molecule has 1 aromatic carbocycles. The fraction of sp³-hybridized carbons (Fsp3) is 0.720. The molecule has 3 rings (SSSR count). The summed E-state index contributed by atoms with van der Waals surface area (Å²) in [5, 5.41) is 3.33. The first-order valence-electron chi connectivity index (χ1n) is 12.1. The van der Waals surface area contributed by atoms with Crippen molar-refractivity contribution in [2.75, 3.05) is 40.0 Å². The molecule has 0 bridgehead atoms. The summed E-state index contributed by atoms with van der Waals surface area (Å²) in [7, 11) is 1.77. The van der Waals surface area contributed by atoms with Gasteiger partial charge < -0.3 is 19.5 Å². The van der Waals surface area contributed by atoms with Gasteiger partial charge in [-0.15, -0.1) is 0 Å². The van der Waals surface area contributed by atoms with Crippen molar-refractivity contribution >= 4 is 5.91 Å². The van der Waals surface area contributed by atoms with Crippen molar-refractivity contribution in [2.45, 2.75) is 76.8 Å². The molecule has 2 aliphatic rings. The fourth-order valence-electron chi connectivity index (χ4n) is 4.65. The van der Waals surface area contributed by atoms with E-state index in [2.05, 4.69) is 29.3 Å². The Hall–Kier alpha value is -1.79. The third-order valence-electron chi connectivity index (χ3n) is 6.27. The van der Waals surface area contributed by atoms with Crippen molar-refractivity contribution in [3.8, 4) is 11.5 Å². The van der Waals surface area contributed by atoms with Gasteiger partial charge >= 0.3 is 0 Å². The van der Waals surface area contributed by atoms with Crippen LogP contribution in [0.15, 0.2) is 18.2 Å². The van der Waals surface area contributed by atoms with Crippen LogP contribution in [0.5, 0.6) is 11.5 Å². The highest BCUT2D eigenvalue weighted by molar-refractivity contribution is 5.76. The van der Waals surface area contributed by atoms with Gasteiger partial charge in [-0.05, 0) is 49.9 Å². The van der Waals surface area contributed by atoms with E-state index in [1.165, 1.54) is 31.2 Å². The molecule has 1 amide bonds. The number of fused-ring (bicyclic) bond motifs is 1. The summed E-state index contributed by atoms with van der Waals surface area (Å²) in [6, 6.07) is 6.66. The van der Waals surface area contributed by atoms with Crippen LogP contribution in [0.1, 0.15) is 63.9 Å². The molecule has 2 aliphatic heterocycles. The van der Waals surface area contributed by atoms with Gasteiger partial charge in [-0.25, -0.2) is 0 Å². The van der Waals surface area contributed by atoms with Crippen LogP contribution in [-0.4, -0.2) is 62.9 Å². The highest BCUT2D eigenvalue weighted by Crippen LogP contribution is 2.31. The molecule has 1 saturated heterocycles. The van der Waals surface area contributed by atoms with E-state index in [4.69, 9.17) is 14.2 Å². The molecule has 0 aliphatic carbocycles. The van der Waals surface area contributed by atoms with Crippen molar-refractivity contribution in [2.24, 2.45) is 0 Å². The van der Waals surface area contributed by atoms with Crippen molar-refractivity contribution in [3.05, 3.63) is 23.8 Å². The van der Waals surface area contributed by atoms with Gasteiger partial charge in [-0.1, -0.05) is 38.7 Å². The van der Waals surface area contributed by atoms with Crippen molar-refractivity contribution in [1.29, 1.82) is 0 Å². The number of rotatable bonds is 13. The number of carbonyl (C=O) groups excluding carboxylic acids is 1. The summed E-state index contributed by atoms with van der Waals surface area (Å²) < 4.78 is 16.8. The molecule has 31 heavy (non-hydrogen) atoms. The highest BCUT2D eigenvalue weighted by Gasteiger charge is 2.27. The van der Waals surface area contributed by atoms with Gasteiger partial charge in [0.25, 0.3) is 0 Å². The largest absolute Gasteiger partial charge is 0.486 e. The lowest BCUT2D eigenvalue weighted by molar-refractivity contribution is -0.122. The second kappa shape index (κ2) is 12.9. The van der Waals surface area contributed by atoms with Gasteiger partial charge in [0.1, 0.15) is 13.2 Å².